The Hall–Kier alpha value is -1.32. The molecule has 0 saturated carbocycles. The molecule has 3 nitrogen and oxygen atoms in total. The summed E-state index contributed by atoms with van der Waals surface area (Å²) in [6.45, 7) is 4.32. The van der Waals surface area contributed by atoms with Crippen molar-refractivity contribution in [3.8, 4) is 0 Å². The Balaban J connectivity index is 2.06. The van der Waals surface area contributed by atoms with Crippen molar-refractivity contribution in [3.63, 3.8) is 0 Å². The highest BCUT2D eigenvalue weighted by Crippen LogP contribution is 2.24. The number of rotatable bonds is 5. The van der Waals surface area contributed by atoms with E-state index in [1.54, 1.807) is 0 Å². The van der Waals surface area contributed by atoms with Crippen molar-refractivity contribution in [1.82, 2.24) is 0 Å². The van der Waals surface area contributed by atoms with Crippen LogP contribution >= 0.6 is 0 Å². The summed E-state index contributed by atoms with van der Waals surface area (Å²) in [5.41, 5.74) is 0.796. The van der Waals surface area contributed by atoms with E-state index in [1.165, 1.54) is 0 Å². The summed E-state index contributed by atoms with van der Waals surface area (Å²) >= 11 is 0. The minimum absolute atomic E-state index is 0.161. The number of furan rings is 1. The van der Waals surface area contributed by atoms with Gasteiger partial charge >= 0.3 is 0 Å². The van der Waals surface area contributed by atoms with Crippen molar-refractivity contribution < 1.29 is 14.3 Å². The first-order chi connectivity index (χ1) is 8.20. The van der Waals surface area contributed by atoms with E-state index >= 15 is 0 Å². The normalized spacial score (nSPS) is 15.0. The molecule has 92 valence electrons. The predicted molar refractivity (Wildman–Crippen MR) is 66.9 cm³/mol. The van der Waals surface area contributed by atoms with Crippen LogP contribution in [0, 0.1) is 0 Å². The first-order valence-electron chi connectivity index (χ1n) is 5.99. The van der Waals surface area contributed by atoms with Crippen LogP contribution in [0.5, 0.6) is 0 Å². The molecule has 2 unspecified atom stereocenters. The first-order valence-corrected chi connectivity index (χ1v) is 5.99. The molecule has 1 aromatic heterocycles. The lowest BCUT2D eigenvalue weighted by Gasteiger charge is -2.13. The molecule has 0 radical (unpaired) electrons. The molecular formula is C14H18O3. The van der Waals surface area contributed by atoms with Crippen LogP contribution in [0.2, 0.25) is 0 Å². The number of ether oxygens (including phenoxy) is 1. The van der Waals surface area contributed by atoms with Gasteiger partial charge in [0.25, 0.3) is 0 Å². The summed E-state index contributed by atoms with van der Waals surface area (Å²) in [5, 5.41) is 11.0. The fraction of sp³-hybridized carbons (Fsp3) is 0.429. The van der Waals surface area contributed by atoms with Crippen LogP contribution < -0.4 is 0 Å². The van der Waals surface area contributed by atoms with Crippen LogP contribution in [0.4, 0.5) is 0 Å². The van der Waals surface area contributed by atoms with E-state index in [9.17, 15) is 5.11 Å². The fourth-order valence-electron chi connectivity index (χ4n) is 1.62. The largest absolute Gasteiger partial charge is 0.458 e. The van der Waals surface area contributed by atoms with E-state index in [-0.39, 0.29) is 12.7 Å². The molecule has 1 heterocycles. The van der Waals surface area contributed by atoms with Gasteiger partial charge in [0, 0.05) is 5.39 Å². The molecule has 0 bridgehead atoms. The van der Waals surface area contributed by atoms with Crippen LogP contribution in [-0.4, -0.2) is 17.8 Å². The molecule has 0 saturated heterocycles. The third-order valence-corrected chi connectivity index (χ3v) is 2.89. The SMILES string of the molecule is CCC(C)OCC(O)c1cc2ccccc2o1. The second-order valence-corrected chi connectivity index (χ2v) is 4.25. The summed E-state index contributed by atoms with van der Waals surface area (Å²) in [6, 6.07) is 9.58. The summed E-state index contributed by atoms with van der Waals surface area (Å²) in [6.07, 6.45) is 0.401. The summed E-state index contributed by atoms with van der Waals surface area (Å²) in [4.78, 5) is 0. The Bertz CT molecular complexity index is 442. The third-order valence-electron chi connectivity index (χ3n) is 2.89. The second kappa shape index (κ2) is 5.34. The molecule has 0 fully saturated rings. The van der Waals surface area contributed by atoms with Gasteiger partial charge < -0.3 is 14.3 Å². The van der Waals surface area contributed by atoms with Crippen LogP contribution in [-0.2, 0) is 4.74 Å². The van der Waals surface area contributed by atoms with Crippen molar-refractivity contribution >= 4 is 11.0 Å². The van der Waals surface area contributed by atoms with Gasteiger partial charge in [-0.25, -0.2) is 0 Å². The fourth-order valence-corrected chi connectivity index (χ4v) is 1.62. The maximum Gasteiger partial charge on any atom is 0.136 e. The lowest BCUT2D eigenvalue weighted by atomic mass is 10.2. The average Bonchev–Trinajstić information content (AvgIpc) is 2.79. The van der Waals surface area contributed by atoms with Crippen LogP contribution in [0.15, 0.2) is 34.7 Å². The molecule has 0 aliphatic carbocycles. The minimum Gasteiger partial charge on any atom is -0.458 e. The highest BCUT2D eigenvalue weighted by molar-refractivity contribution is 5.77. The van der Waals surface area contributed by atoms with Gasteiger partial charge in [0.15, 0.2) is 0 Å². The number of hydrogen-bond donors (Lipinski definition) is 1. The van der Waals surface area contributed by atoms with Gasteiger partial charge in [-0.1, -0.05) is 25.1 Å². The topological polar surface area (TPSA) is 42.6 Å². The summed E-state index contributed by atoms with van der Waals surface area (Å²) in [5.74, 6) is 0.564. The zero-order valence-electron chi connectivity index (χ0n) is 10.2. The van der Waals surface area contributed by atoms with Crippen molar-refractivity contribution in [2.75, 3.05) is 6.61 Å². The number of fused-ring (bicyclic) bond motifs is 1. The summed E-state index contributed by atoms with van der Waals surface area (Å²) in [7, 11) is 0. The molecule has 1 aromatic carbocycles. The van der Waals surface area contributed by atoms with Crippen molar-refractivity contribution in [1.29, 1.82) is 0 Å². The van der Waals surface area contributed by atoms with E-state index < -0.39 is 6.10 Å². The number of aliphatic hydroxyl groups is 1. The number of aliphatic hydroxyl groups excluding tert-OH is 1. The molecule has 3 heteroatoms. The standard InChI is InChI=1S/C14H18O3/c1-3-10(2)16-9-12(15)14-8-11-6-4-5-7-13(11)17-14/h4-8,10,12,15H,3,9H2,1-2H3. The number of para-hydroxylation sites is 1. The van der Waals surface area contributed by atoms with Gasteiger partial charge in [-0.15, -0.1) is 0 Å². The Morgan fingerprint density at radius 3 is 2.82 bits per heavy atom. The summed E-state index contributed by atoms with van der Waals surface area (Å²) < 4.78 is 11.1. The molecule has 0 amide bonds. The van der Waals surface area contributed by atoms with Crippen LogP contribution in [0.1, 0.15) is 32.1 Å². The van der Waals surface area contributed by atoms with E-state index in [0.717, 1.165) is 17.4 Å². The molecule has 17 heavy (non-hydrogen) atoms. The molecule has 0 aliphatic heterocycles. The third kappa shape index (κ3) is 2.87. The van der Waals surface area contributed by atoms with Crippen LogP contribution in [0.25, 0.3) is 11.0 Å². The van der Waals surface area contributed by atoms with E-state index in [1.807, 2.05) is 37.3 Å². The lowest BCUT2D eigenvalue weighted by Crippen LogP contribution is -2.13. The lowest BCUT2D eigenvalue weighted by molar-refractivity contribution is -0.0109. The molecule has 1 N–H and O–H groups in total. The van der Waals surface area contributed by atoms with Gasteiger partial charge in [0.2, 0.25) is 0 Å². The number of hydrogen-bond acceptors (Lipinski definition) is 3. The Morgan fingerprint density at radius 2 is 2.12 bits per heavy atom. The molecular weight excluding hydrogens is 216 g/mol. The number of benzene rings is 1. The van der Waals surface area contributed by atoms with Crippen molar-refractivity contribution in [2.24, 2.45) is 0 Å². The average molecular weight is 234 g/mol. The van der Waals surface area contributed by atoms with Gasteiger partial charge in [-0.05, 0) is 25.5 Å². The van der Waals surface area contributed by atoms with E-state index in [4.69, 9.17) is 9.15 Å². The van der Waals surface area contributed by atoms with Gasteiger partial charge in [-0.3, -0.25) is 0 Å². The zero-order valence-corrected chi connectivity index (χ0v) is 10.2. The van der Waals surface area contributed by atoms with Crippen LogP contribution in [0.3, 0.4) is 0 Å². The molecule has 0 aliphatic rings. The smallest absolute Gasteiger partial charge is 0.136 e. The Labute approximate surface area is 101 Å². The molecule has 2 aromatic rings. The van der Waals surface area contributed by atoms with Crippen molar-refractivity contribution in [2.45, 2.75) is 32.5 Å². The maximum absolute atomic E-state index is 9.95. The minimum atomic E-state index is -0.698. The quantitative estimate of drug-likeness (QED) is 0.863. The highest BCUT2D eigenvalue weighted by atomic mass is 16.5. The van der Waals surface area contributed by atoms with E-state index in [2.05, 4.69) is 6.92 Å². The Kier molecular flexibility index (Phi) is 3.82. The van der Waals surface area contributed by atoms with Gasteiger partial charge in [0.05, 0.1) is 12.7 Å². The molecule has 0 spiro atoms. The van der Waals surface area contributed by atoms with Crippen molar-refractivity contribution in [3.05, 3.63) is 36.1 Å². The predicted octanol–water partition coefficient (Wildman–Crippen LogP) is 3.28. The van der Waals surface area contributed by atoms with E-state index in [0.29, 0.717) is 5.76 Å². The Morgan fingerprint density at radius 1 is 1.35 bits per heavy atom. The highest BCUT2D eigenvalue weighted by Gasteiger charge is 2.14. The monoisotopic (exact) mass is 234 g/mol. The maximum atomic E-state index is 9.95. The molecule has 2 rings (SSSR count). The molecule has 2 atom stereocenters. The van der Waals surface area contributed by atoms with Gasteiger partial charge in [0.1, 0.15) is 17.4 Å². The zero-order chi connectivity index (χ0) is 12.3. The first kappa shape index (κ1) is 12.1. The second-order valence-electron chi connectivity index (χ2n) is 4.25. The van der Waals surface area contributed by atoms with Gasteiger partial charge in [-0.2, -0.15) is 0 Å².